The smallest absolute Gasteiger partial charge is 0.274 e. The van der Waals surface area contributed by atoms with Crippen LogP contribution in [-0.4, -0.2) is 36.1 Å². The lowest BCUT2D eigenvalue weighted by Gasteiger charge is -2.31. The highest BCUT2D eigenvalue weighted by atomic mass is 16.5. The number of carbonyl (C=O) groups is 1. The molecular weight excluding hydrogens is 316 g/mol. The summed E-state index contributed by atoms with van der Waals surface area (Å²) >= 11 is 0. The number of methoxy groups -OCH3 is 1. The zero-order chi connectivity index (χ0) is 17.8. The molecule has 0 radical (unpaired) electrons. The summed E-state index contributed by atoms with van der Waals surface area (Å²) in [7, 11) is 1.61. The van der Waals surface area contributed by atoms with Gasteiger partial charge in [0.05, 0.1) is 7.11 Å². The number of hydrogen-bond donors (Lipinski definition) is 1. The molecule has 3 rings (SSSR count). The first-order chi connectivity index (χ1) is 12.0. The lowest BCUT2D eigenvalue weighted by Crippen LogP contribution is -2.36. The lowest BCUT2D eigenvalue weighted by molar-refractivity contribution is 0.102. The third kappa shape index (κ3) is 4.26. The van der Waals surface area contributed by atoms with Crippen molar-refractivity contribution in [2.75, 3.05) is 30.4 Å². The second kappa shape index (κ2) is 7.51. The standard InChI is InChI=1S/C19H24N4O2/c1-13-5-4-10-23(12-13)19-20-14(2)11-17(22-19)18(24)21-15-6-8-16(25-3)9-7-15/h6-9,11,13H,4-5,10,12H2,1-3H3,(H,21,24). The largest absolute Gasteiger partial charge is 0.497 e. The molecule has 25 heavy (non-hydrogen) atoms. The van der Waals surface area contributed by atoms with Gasteiger partial charge < -0.3 is 15.0 Å². The molecule has 1 aromatic carbocycles. The highest BCUT2D eigenvalue weighted by Gasteiger charge is 2.20. The molecule has 1 aliphatic rings. The van der Waals surface area contributed by atoms with E-state index in [0.29, 0.717) is 23.2 Å². The molecule has 0 bridgehead atoms. The molecule has 6 heteroatoms. The van der Waals surface area contributed by atoms with E-state index in [4.69, 9.17) is 4.74 Å². The SMILES string of the molecule is COc1ccc(NC(=O)c2cc(C)nc(N3CCCC(C)C3)n2)cc1. The maximum absolute atomic E-state index is 12.6. The third-order valence-corrected chi connectivity index (χ3v) is 4.36. The zero-order valence-electron chi connectivity index (χ0n) is 15.0. The number of piperidine rings is 1. The predicted octanol–water partition coefficient (Wildman–Crippen LogP) is 3.28. The molecule has 6 nitrogen and oxygen atoms in total. The van der Waals surface area contributed by atoms with Gasteiger partial charge in [0.1, 0.15) is 11.4 Å². The Bertz CT molecular complexity index is 746. The van der Waals surface area contributed by atoms with Crippen LogP contribution in [0.15, 0.2) is 30.3 Å². The van der Waals surface area contributed by atoms with Crippen molar-refractivity contribution in [2.24, 2.45) is 5.92 Å². The molecule has 1 saturated heterocycles. The molecule has 0 aliphatic carbocycles. The lowest BCUT2D eigenvalue weighted by atomic mass is 10.0. The number of amides is 1. The number of benzene rings is 1. The van der Waals surface area contributed by atoms with Crippen molar-refractivity contribution < 1.29 is 9.53 Å². The Balaban J connectivity index is 1.77. The van der Waals surface area contributed by atoms with Gasteiger partial charge in [-0.3, -0.25) is 4.79 Å². The summed E-state index contributed by atoms with van der Waals surface area (Å²) in [5.74, 6) is 1.78. The van der Waals surface area contributed by atoms with Gasteiger partial charge in [-0.2, -0.15) is 0 Å². The van der Waals surface area contributed by atoms with Crippen LogP contribution < -0.4 is 15.0 Å². The molecule has 2 heterocycles. The summed E-state index contributed by atoms with van der Waals surface area (Å²) in [5, 5.41) is 2.87. The van der Waals surface area contributed by atoms with Gasteiger partial charge in [-0.05, 0) is 56.0 Å². The van der Waals surface area contributed by atoms with E-state index in [-0.39, 0.29) is 5.91 Å². The van der Waals surface area contributed by atoms with Gasteiger partial charge in [0.25, 0.3) is 5.91 Å². The molecule has 1 atom stereocenters. The number of ether oxygens (including phenoxy) is 1. The summed E-state index contributed by atoms with van der Waals surface area (Å²) in [4.78, 5) is 23.8. The van der Waals surface area contributed by atoms with E-state index < -0.39 is 0 Å². The molecule has 0 saturated carbocycles. The minimum Gasteiger partial charge on any atom is -0.497 e. The van der Waals surface area contributed by atoms with Crippen LogP contribution in [-0.2, 0) is 0 Å². The molecule has 1 unspecified atom stereocenters. The molecule has 2 aromatic rings. The van der Waals surface area contributed by atoms with Crippen LogP contribution in [0.2, 0.25) is 0 Å². The van der Waals surface area contributed by atoms with E-state index in [0.717, 1.165) is 31.0 Å². The summed E-state index contributed by atoms with van der Waals surface area (Å²) in [6.07, 6.45) is 2.36. The minimum atomic E-state index is -0.234. The third-order valence-electron chi connectivity index (χ3n) is 4.36. The molecule has 1 amide bonds. The molecule has 1 aliphatic heterocycles. The highest BCUT2D eigenvalue weighted by molar-refractivity contribution is 6.03. The molecule has 1 aromatic heterocycles. The van der Waals surface area contributed by atoms with Crippen molar-refractivity contribution in [3.05, 3.63) is 41.7 Å². The maximum Gasteiger partial charge on any atom is 0.274 e. The van der Waals surface area contributed by atoms with Gasteiger partial charge in [-0.25, -0.2) is 9.97 Å². The Morgan fingerprint density at radius 2 is 2.04 bits per heavy atom. The van der Waals surface area contributed by atoms with Crippen LogP contribution in [0.5, 0.6) is 5.75 Å². The minimum absolute atomic E-state index is 0.234. The molecular formula is C19H24N4O2. The van der Waals surface area contributed by atoms with E-state index in [2.05, 4.69) is 27.1 Å². The van der Waals surface area contributed by atoms with E-state index in [1.54, 1.807) is 37.4 Å². The number of carbonyl (C=O) groups excluding carboxylic acids is 1. The fourth-order valence-corrected chi connectivity index (χ4v) is 3.05. The number of rotatable bonds is 4. The zero-order valence-corrected chi connectivity index (χ0v) is 15.0. The number of aryl methyl sites for hydroxylation is 1. The number of aromatic nitrogens is 2. The Hall–Kier alpha value is -2.63. The van der Waals surface area contributed by atoms with Crippen LogP contribution in [0.3, 0.4) is 0 Å². The number of anilines is 2. The normalized spacial score (nSPS) is 17.2. The second-order valence-corrected chi connectivity index (χ2v) is 6.57. The highest BCUT2D eigenvalue weighted by Crippen LogP contribution is 2.21. The first kappa shape index (κ1) is 17.2. The van der Waals surface area contributed by atoms with E-state index in [1.165, 1.54) is 6.42 Å². The Morgan fingerprint density at radius 1 is 1.28 bits per heavy atom. The van der Waals surface area contributed by atoms with Crippen LogP contribution in [0.25, 0.3) is 0 Å². The average Bonchev–Trinajstić information content (AvgIpc) is 2.62. The summed E-state index contributed by atoms with van der Waals surface area (Å²) in [5.41, 5.74) is 1.88. The molecule has 132 valence electrons. The second-order valence-electron chi connectivity index (χ2n) is 6.57. The summed E-state index contributed by atoms with van der Waals surface area (Å²) < 4.78 is 5.13. The Kier molecular flexibility index (Phi) is 5.16. The molecule has 1 fully saturated rings. The van der Waals surface area contributed by atoms with Crippen LogP contribution in [0, 0.1) is 12.8 Å². The van der Waals surface area contributed by atoms with Crippen molar-refractivity contribution in [3.63, 3.8) is 0 Å². The number of hydrogen-bond acceptors (Lipinski definition) is 5. The van der Waals surface area contributed by atoms with Crippen molar-refractivity contribution in [3.8, 4) is 5.75 Å². The van der Waals surface area contributed by atoms with Crippen molar-refractivity contribution in [1.29, 1.82) is 0 Å². The van der Waals surface area contributed by atoms with Gasteiger partial charge in [0.2, 0.25) is 5.95 Å². The summed E-state index contributed by atoms with van der Waals surface area (Å²) in [6.45, 7) is 6.00. The number of nitrogens with zero attached hydrogens (tertiary/aromatic N) is 3. The van der Waals surface area contributed by atoms with Gasteiger partial charge in [-0.1, -0.05) is 6.92 Å². The van der Waals surface area contributed by atoms with Crippen LogP contribution >= 0.6 is 0 Å². The first-order valence-electron chi connectivity index (χ1n) is 8.61. The number of nitrogens with one attached hydrogen (secondary N) is 1. The van der Waals surface area contributed by atoms with Gasteiger partial charge in [0, 0.05) is 24.5 Å². The van der Waals surface area contributed by atoms with Crippen molar-refractivity contribution >= 4 is 17.5 Å². The fraction of sp³-hybridized carbons (Fsp3) is 0.421. The Morgan fingerprint density at radius 3 is 2.72 bits per heavy atom. The van der Waals surface area contributed by atoms with Gasteiger partial charge >= 0.3 is 0 Å². The van der Waals surface area contributed by atoms with E-state index in [1.807, 2.05) is 6.92 Å². The van der Waals surface area contributed by atoms with Crippen molar-refractivity contribution in [2.45, 2.75) is 26.7 Å². The van der Waals surface area contributed by atoms with E-state index >= 15 is 0 Å². The molecule has 0 spiro atoms. The topological polar surface area (TPSA) is 67.3 Å². The average molecular weight is 340 g/mol. The fourth-order valence-electron chi connectivity index (χ4n) is 3.05. The van der Waals surface area contributed by atoms with Crippen LogP contribution in [0.4, 0.5) is 11.6 Å². The summed E-state index contributed by atoms with van der Waals surface area (Å²) in [6, 6.07) is 8.94. The van der Waals surface area contributed by atoms with Crippen molar-refractivity contribution in [1.82, 2.24) is 9.97 Å². The maximum atomic E-state index is 12.6. The van der Waals surface area contributed by atoms with Crippen LogP contribution in [0.1, 0.15) is 35.9 Å². The Labute approximate surface area is 148 Å². The monoisotopic (exact) mass is 340 g/mol. The molecule has 1 N–H and O–H groups in total. The van der Waals surface area contributed by atoms with Gasteiger partial charge in [-0.15, -0.1) is 0 Å². The predicted molar refractivity (Wildman–Crippen MR) is 98.3 cm³/mol. The van der Waals surface area contributed by atoms with E-state index in [9.17, 15) is 4.79 Å². The van der Waals surface area contributed by atoms with Gasteiger partial charge in [0.15, 0.2) is 0 Å². The quantitative estimate of drug-likeness (QED) is 0.925. The first-order valence-corrected chi connectivity index (χ1v) is 8.61.